The highest BCUT2D eigenvalue weighted by atomic mass is 19.1. The molecule has 0 aliphatic heterocycles. The first-order valence-electron chi connectivity index (χ1n) is 5.79. The summed E-state index contributed by atoms with van der Waals surface area (Å²) in [4.78, 5) is 11.7. The SMILES string of the molecule is Cc1nn(C)cc1NC(=O)/C=C/c1ccc(F)cc1. The standard InChI is InChI=1S/C14H14FN3O/c1-10-13(9-18(2)17-10)16-14(19)8-5-11-3-6-12(15)7-4-11/h3-9H,1-2H3,(H,16,19)/b8-5+. The number of nitrogens with zero attached hydrogens (tertiary/aromatic N) is 2. The van der Waals surface area contributed by atoms with E-state index in [4.69, 9.17) is 0 Å². The second-order valence-corrected chi connectivity index (χ2v) is 4.18. The molecule has 0 saturated heterocycles. The van der Waals surface area contributed by atoms with Crippen LogP contribution in [-0.2, 0) is 11.8 Å². The molecule has 1 amide bonds. The maximum absolute atomic E-state index is 12.7. The normalized spacial score (nSPS) is 10.9. The first kappa shape index (κ1) is 13.0. The molecule has 1 N–H and O–H groups in total. The molecular formula is C14H14FN3O. The molecule has 2 rings (SSSR count). The topological polar surface area (TPSA) is 46.9 Å². The smallest absolute Gasteiger partial charge is 0.248 e. The van der Waals surface area contributed by atoms with E-state index in [-0.39, 0.29) is 11.7 Å². The van der Waals surface area contributed by atoms with E-state index in [1.54, 1.807) is 36.1 Å². The number of benzene rings is 1. The number of halogens is 1. The first-order valence-corrected chi connectivity index (χ1v) is 5.79. The monoisotopic (exact) mass is 259 g/mol. The van der Waals surface area contributed by atoms with E-state index in [0.29, 0.717) is 5.69 Å². The van der Waals surface area contributed by atoms with Crippen molar-refractivity contribution < 1.29 is 9.18 Å². The summed E-state index contributed by atoms with van der Waals surface area (Å²) in [6.07, 6.45) is 4.76. The van der Waals surface area contributed by atoms with Crippen molar-refractivity contribution in [2.45, 2.75) is 6.92 Å². The van der Waals surface area contributed by atoms with Gasteiger partial charge in [-0.15, -0.1) is 0 Å². The van der Waals surface area contributed by atoms with Crippen molar-refractivity contribution in [3.05, 3.63) is 53.6 Å². The van der Waals surface area contributed by atoms with Crippen LogP contribution in [0.1, 0.15) is 11.3 Å². The molecule has 0 saturated carbocycles. The number of carbonyl (C=O) groups is 1. The fourth-order valence-corrected chi connectivity index (χ4v) is 1.64. The Labute approximate surface area is 110 Å². The number of nitrogens with one attached hydrogen (secondary N) is 1. The summed E-state index contributed by atoms with van der Waals surface area (Å²) in [5.41, 5.74) is 2.20. The van der Waals surface area contributed by atoms with Gasteiger partial charge < -0.3 is 5.32 Å². The van der Waals surface area contributed by atoms with Gasteiger partial charge in [-0.1, -0.05) is 12.1 Å². The maximum Gasteiger partial charge on any atom is 0.248 e. The molecule has 0 spiro atoms. The van der Waals surface area contributed by atoms with Gasteiger partial charge in [-0.05, 0) is 30.7 Å². The van der Waals surface area contributed by atoms with Gasteiger partial charge in [-0.3, -0.25) is 9.48 Å². The van der Waals surface area contributed by atoms with E-state index in [0.717, 1.165) is 11.3 Å². The number of aryl methyl sites for hydroxylation is 2. The van der Waals surface area contributed by atoms with Gasteiger partial charge in [0.05, 0.1) is 11.4 Å². The summed E-state index contributed by atoms with van der Waals surface area (Å²) in [5, 5.41) is 6.86. The van der Waals surface area contributed by atoms with Crippen LogP contribution in [0.25, 0.3) is 6.08 Å². The molecule has 0 aliphatic rings. The Morgan fingerprint density at radius 1 is 1.37 bits per heavy atom. The number of rotatable bonds is 3. The molecule has 0 unspecified atom stereocenters. The highest BCUT2D eigenvalue weighted by molar-refractivity contribution is 6.02. The predicted molar refractivity (Wildman–Crippen MR) is 72.0 cm³/mol. The van der Waals surface area contributed by atoms with E-state index in [2.05, 4.69) is 10.4 Å². The van der Waals surface area contributed by atoms with Gasteiger partial charge >= 0.3 is 0 Å². The minimum atomic E-state index is -0.299. The molecule has 4 nitrogen and oxygen atoms in total. The van der Waals surface area contributed by atoms with Crippen LogP contribution in [0.2, 0.25) is 0 Å². The van der Waals surface area contributed by atoms with Gasteiger partial charge in [0.25, 0.3) is 0 Å². The molecule has 1 heterocycles. The summed E-state index contributed by atoms with van der Waals surface area (Å²) >= 11 is 0. The van der Waals surface area contributed by atoms with Crippen LogP contribution in [0.3, 0.4) is 0 Å². The Bertz CT molecular complexity index is 614. The summed E-state index contributed by atoms with van der Waals surface area (Å²) in [7, 11) is 1.79. The number of carbonyl (C=O) groups excluding carboxylic acids is 1. The highest BCUT2D eigenvalue weighted by Crippen LogP contribution is 2.11. The Kier molecular flexibility index (Phi) is 3.75. The number of anilines is 1. The zero-order chi connectivity index (χ0) is 13.8. The van der Waals surface area contributed by atoms with Crippen molar-refractivity contribution >= 4 is 17.7 Å². The van der Waals surface area contributed by atoms with Crippen molar-refractivity contribution in [2.24, 2.45) is 7.05 Å². The van der Waals surface area contributed by atoms with Gasteiger partial charge in [0.15, 0.2) is 0 Å². The van der Waals surface area contributed by atoms with Crippen molar-refractivity contribution in [2.75, 3.05) is 5.32 Å². The Morgan fingerprint density at radius 2 is 2.05 bits per heavy atom. The van der Waals surface area contributed by atoms with E-state index >= 15 is 0 Å². The van der Waals surface area contributed by atoms with Gasteiger partial charge in [-0.25, -0.2) is 4.39 Å². The van der Waals surface area contributed by atoms with Gasteiger partial charge in [-0.2, -0.15) is 5.10 Å². The molecule has 2 aromatic rings. The molecule has 19 heavy (non-hydrogen) atoms. The largest absolute Gasteiger partial charge is 0.320 e. The molecule has 0 fully saturated rings. The van der Waals surface area contributed by atoms with Crippen molar-refractivity contribution in [3.8, 4) is 0 Å². The summed E-state index contributed by atoms with van der Waals surface area (Å²) < 4.78 is 14.3. The van der Waals surface area contributed by atoms with E-state index in [9.17, 15) is 9.18 Å². The van der Waals surface area contributed by atoms with Crippen molar-refractivity contribution in [1.29, 1.82) is 0 Å². The second kappa shape index (κ2) is 5.48. The number of aromatic nitrogens is 2. The lowest BCUT2D eigenvalue weighted by atomic mass is 10.2. The molecule has 0 atom stereocenters. The van der Waals surface area contributed by atoms with Gasteiger partial charge in [0, 0.05) is 19.3 Å². The minimum absolute atomic E-state index is 0.250. The molecule has 0 radical (unpaired) electrons. The molecular weight excluding hydrogens is 245 g/mol. The lowest BCUT2D eigenvalue weighted by Gasteiger charge is -1.98. The van der Waals surface area contributed by atoms with E-state index in [1.807, 2.05) is 6.92 Å². The van der Waals surface area contributed by atoms with Crippen LogP contribution >= 0.6 is 0 Å². The van der Waals surface area contributed by atoms with Crippen molar-refractivity contribution in [3.63, 3.8) is 0 Å². The quantitative estimate of drug-likeness (QED) is 0.861. The minimum Gasteiger partial charge on any atom is -0.320 e. The maximum atomic E-state index is 12.7. The van der Waals surface area contributed by atoms with Gasteiger partial charge in [0.2, 0.25) is 5.91 Å². The number of hydrogen-bond donors (Lipinski definition) is 1. The third kappa shape index (κ3) is 3.51. The summed E-state index contributed by atoms with van der Waals surface area (Å²) in [5.74, 6) is -0.548. The van der Waals surface area contributed by atoms with Crippen LogP contribution in [0.15, 0.2) is 36.5 Å². The zero-order valence-electron chi connectivity index (χ0n) is 10.7. The fraction of sp³-hybridized carbons (Fsp3) is 0.143. The molecule has 0 aliphatic carbocycles. The lowest BCUT2D eigenvalue weighted by Crippen LogP contribution is -2.07. The van der Waals surface area contributed by atoms with Gasteiger partial charge in [0.1, 0.15) is 5.82 Å². The Balaban J connectivity index is 2.01. The predicted octanol–water partition coefficient (Wildman–Crippen LogP) is 2.52. The Hall–Kier alpha value is -2.43. The molecule has 98 valence electrons. The molecule has 1 aromatic carbocycles. The van der Waals surface area contributed by atoms with Crippen molar-refractivity contribution in [1.82, 2.24) is 9.78 Å². The van der Waals surface area contributed by atoms with Crippen LogP contribution in [0.5, 0.6) is 0 Å². The summed E-state index contributed by atoms with van der Waals surface area (Å²) in [6.45, 7) is 1.82. The van der Waals surface area contributed by atoms with Crippen LogP contribution < -0.4 is 5.32 Å². The van der Waals surface area contributed by atoms with E-state index < -0.39 is 0 Å². The van der Waals surface area contributed by atoms with Crippen LogP contribution in [0, 0.1) is 12.7 Å². The number of hydrogen-bond acceptors (Lipinski definition) is 2. The highest BCUT2D eigenvalue weighted by Gasteiger charge is 2.04. The second-order valence-electron chi connectivity index (χ2n) is 4.18. The molecule has 1 aromatic heterocycles. The van der Waals surface area contributed by atoms with Crippen LogP contribution in [-0.4, -0.2) is 15.7 Å². The van der Waals surface area contributed by atoms with E-state index in [1.165, 1.54) is 18.2 Å². The average molecular weight is 259 g/mol. The average Bonchev–Trinajstić information content (AvgIpc) is 2.67. The van der Waals surface area contributed by atoms with Crippen LogP contribution in [0.4, 0.5) is 10.1 Å². The third-order valence-electron chi connectivity index (χ3n) is 2.57. The lowest BCUT2D eigenvalue weighted by molar-refractivity contribution is -0.111. The summed E-state index contributed by atoms with van der Waals surface area (Å²) in [6, 6.07) is 5.91. The molecule has 0 bridgehead atoms. The fourth-order valence-electron chi connectivity index (χ4n) is 1.64. The first-order chi connectivity index (χ1) is 9.04. The third-order valence-corrected chi connectivity index (χ3v) is 2.57. The zero-order valence-corrected chi connectivity index (χ0v) is 10.7. The Morgan fingerprint density at radius 3 is 2.63 bits per heavy atom. The molecule has 5 heteroatoms. The number of amides is 1.